The Hall–Kier alpha value is -2.37. The molecule has 0 aliphatic carbocycles. The zero-order chi connectivity index (χ0) is 17.9. The van der Waals surface area contributed by atoms with E-state index >= 15 is 0 Å². The van der Waals surface area contributed by atoms with Crippen LogP contribution in [0.1, 0.15) is 22.8 Å². The molecule has 0 saturated heterocycles. The molecule has 2 aromatic rings. The molecule has 0 radical (unpaired) electrons. The first-order valence-electron chi connectivity index (χ1n) is 8.39. The molecule has 0 unspecified atom stereocenters. The van der Waals surface area contributed by atoms with Gasteiger partial charge in [0.1, 0.15) is 0 Å². The Morgan fingerprint density at radius 1 is 1.04 bits per heavy atom. The van der Waals surface area contributed by atoms with Gasteiger partial charge in [-0.1, -0.05) is 42.5 Å². The van der Waals surface area contributed by atoms with E-state index in [-0.39, 0.29) is 5.91 Å². The van der Waals surface area contributed by atoms with E-state index in [0.717, 1.165) is 12.1 Å². The van der Waals surface area contributed by atoms with Crippen LogP contribution in [0.25, 0.3) is 0 Å². The van der Waals surface area contributed by atoms with Gasteiger partial charge >= 0.3 is 0 Å². The van der Waals surface area contributed by atoms with Crippen LogP contribution in [0, 0.1) is 0 Å². The van der Waals surface area contributed by atoms with Crippen LogP contribution < -0.4 is 5.32 Å². The third-order valence-electron chi connectivity index (χ3n) is 4.71. The minimum Gasteiger partial charge on any atom is -0.358 e. The van der Waals surface area contributed by atoms with E-state index in [9.17, 15) is 4.79 Å². The number of benzene rings is 2. The number of para-hydroxylation sites is 1. The number of carbonyl (C=O) groups excluding carboxylic acids is 1. The van der Waals surface area contributed by atoms with Crippen molar-refractivity contribution in [1.82, 2.24) is 4.90 Å². The number of carbonyl (C=O) groups is 1. The third-order valence-corrected chi connectivity index (χ3v) is 4.71. The lowest BCUT2D eigenvalue weighted by atomic mass is 9.99. The van der Waals surface area contributed by atoms with Crippen molar-refractivity contribution in [2.45, 2.75) is 25.3 Å². The number of hydrogen-bond donors (Lipinski definition) is 1. The van der Waals surface area contributed by atoms with Crippen molar-refractivity contribution in [3.8, 4) is 0 Å². The second-order valence-electron chi connectivity index (χ2n) is 6.31. The van der Waals surface area contributed by atoms with Crippen LogP contribution in [-0.4, -0.2) is 43.5 Å². The number of anilines is 1. The molecule has 0 saturated carbocycles. The molecule has 1 N–H and O–H groups in total. The highest BCUT2D eigenvalue weighted by Crippen LogP contribution is 2.34. The monoisotopic (exact) mass is 340 g/mol. The SMILES string of the molecule is COC(OC)[C@@]1(C)Nc2ccccc2C(=O)N1CCc1ccccc1. The number of nitrogens with one attached hydrogen (secondary N) is 1. The van der Waals surface area contributed by atoms with E-state index in [1.165, 1.54) is 5.56 Å². The summed E-state index contributed by atoms with van der Waals surface area (Å²) in [7, 11) is 3.17. The highest BCUT2D eigenvalue weighted by molar-refractivity contribution is 6.02. The molecule has 1 aliphatic heterocycles. The van der Waals surface area contributed by atoms with Gasteiger partial charge < -0.3 is 19.7 Å². The Labute approximate surface area is 148 Å². The van der Waals surface area contributed by atoms with Gasteiger partial charge in [-0.25, -0.2) is 0 Å². The first kappa shape index (κ1) is 17.5. The number of amides is 1. The van der Waals surface area contributed by atoms with E-state index in [2.05, 4.69) is 17.4 Å². The molecule has 0 bridgehead atoms. The topological polar surface area (TPSA) is 50.8 Å². The van der Waals surface area contributed by atoms with Gasteiger partial charge in [0.25, 0.3) is 5.91 Å². The van der Waals surface area contributed by atoms with Crippen molar-refractivity contribution in [2.75, 3.05) is 26.1 Å². The van der Waals surface area contributed by atoms with Crippen molar-refractivity contribution in [2.24, 2.45) is 0 Å². The lowest BCUT2D eigenvalue weighted by Gasteiger charge is -2.49. The lowest BCUT2D eigenvalue weighted by Crippen LogP contribution is -2.65. The van der Waals surface area contributed by atoms with Gasteiger partial charge in [-0.15, -0.1) is 0 Å². The normalized spacial score (nSPS) is 19.7. The summed E-state index contributed by atoms with van der Waals surface area (Å²) in [4.78, 5) is 15.0. The molecule has 0 fully saturated rings. The first-order chi connectivity index (χ1) is 12.1. The van der Waals surface area contributed by atoms with Crippen LogP contribution >= 0.6 is 0 Å². The molecule has 0 spiro atoms. The maximum absolute atomic E-state index is 13.2. The Bertz CT molecular complexity index is 731. The average molecular weight is 340 g/mol. The van der Waals surface area contributed by atoms with Crippen molar-refractivity contribution < 1.29 is 14.3 Å². The minimum absolute atomic E-state index is 0.0214. The number of rotatable bonds is 6. The molecule has 1 aliphatic rings. The van der Waals surface area contributed by atoms with Crippen LogP contribution in [-0.2, 0) is 15.9 Å². The highest BCUT2D eigenvalue weighted by Gasteiger charge is 2.47. The highest BCUT2D eigenvalue weighted by atomic mass is 16.7. The van der Waals surface area contributed by atoms with Crippen LogP contribution in [0.4, 0.5) is 5.69 Å². The molecular formula is C20H24N2O3. The fourth-order valence-corrected chi connectivity index (χ4v) is 3.44. The maximum atomic E-state index is 13.2. The van der Waals surface area contributed by atoms with Crippen molar-refractivity contribution in [1.29, 1.82) is 0 Å². The molecule has 25 heavy (non-hydrogen) atoms. The van der Waals surface area contributed by atoms with E-state index in [0.29, 0.717) is 12.1 Å². The van der Waals surface area contributed by atoms with Gasteiger partial charge in [0.2, 0.25) is 0 Å². The lowest BCUT2D eigenvalue weighted by molar-refractivity contribution is -0.167. The van der Waals surface area contributed by atoms with Gasteiger partial charge in [0.05, 0.1) is 5.56 Å². The van der Waals surface area contributed by atoms with Crippen LogP contribution in [0.5, 0.6) is 0 Å². The van der Waals surface area contributed by atoms with Gasteiger partial charge in [0.15, 0.2) is 12.0 Å². The molecule has 5 nitrogen and oxygen atoms in total. The number of methoxy groups -OCH3 is 2. The summed E-state index contributed by atoms with van der Waals surface area (Å²) < 4.78 is 11.0. The quantitative estimate of drug-likeness (QED) is 0.821. The van der Waals surface area contributed by atoms with Crippen LogP contribution in [0.3, 0.4) is 0 Å². The van der Waals surface area contributed by atoms with Gasteiger partial charge in [-0.3, -0.25) is 4.79 Å². The smallest absolute Gasteiger partial charge is 0.257 e. The second kappa shape index (κ2) is 7.25. The van der Waals surface area contributed by atoms with Crippen molar-refractivity contribution in [3.05, 3.63) is 65.7 Å². The van der Waals surface area contributed by atoms with Crippen LogP contribution in [0.2, 0.25) is 0 Å². The van der Waals surface area contributed by atoms with Gasteiger partial charge in [-0.05, 0) is 31.0 Å². The van der Waals surface area contributed by atoms with E-state index < -0.39 is 12.0 Å². The summed E-state index contributed by atoms with van der Waals surface area (Å²) in [6.07, 6.45) is 0.159. The van der Waals surface area contributed by atoms with Crippen LogP contribution in [0.15, 0.2) is 54.6 Å². The summed E-state index contributed by atoms with van der Waals surface area (Å²) in [6.45, 7) is 2.49. The zero-order valence-corrected chi connectivity index (χ0v) is 14.9. The average Bonchev–Trinajstić information content (AvgIpc) is 2.63. The van der Waals surface area contributed by atoms with E-state index in [1.54, 1.807) is 19.1 Å². The Balaban J connectivity index is 1.94. The Morgan fingerprint density at radius 2 is 1.68 bits per heavy atom. The second-order valence-corrected chi connectivity index (χ2v) is 6.31. The Kier molecular flexibility index (Phi) is 5.06. The fraction of sp³-hybridized carbons (Fsp3) is 0.350. The maximum Gasteiger partial charge on any atom is 0.257 e. The molecule has 2 aromatic carbocycles. The predicted octanol–water partition coefficient (Wildman–Crippen LogP) is 3.13. The molecule has 3 rings (SSSR count). The summed E-state index contributed by atoms with van der Waals surface area (Å²) in [6, 6.07) is 17.7. The molecular weight excluding hydrogens is 316 g/mol. The third kappa shape index (κ3) is 3.25. The fourth-order valence-electron chi connectivity index (χ4n) is 3.44. The molecule has 5 heteroatoms. The summed E-state index contributed by atoms with van der Waals surface area (Å²) in [5, 5.41) is 3.45. The number of ether oxygens (including phenoxy) is 2. The molecule has 132 valence electrons. The number of hydrogen-bond acceptors (Lipinski definition) is 4. The van der Waals surface area contributed by atoms with E-state index in [4.69, 9.17) is 9.47 Å². The molecule has 0 aromatic heterocycles. The van der Waals surface area contributed by atoms with Crippen molar-refractivity contribution in [3.63, 3.8) is 0 Å². The minimum atomic E-state index is -0.802. The standard InChI is InChI=1S/C20H24N2O3/c1-20(19(24-2)25-3)21-17-12-8-7-11-16(17)18(23)22(20)14-13-15-9-5-4-6-10-15/h4-12,19,21H,13-14H2,1-3H3/t20-/m0/s1. The summed E-state index contributed by atoms with van der Waals surface area (Å²) in [5.74, 6) is -0.0214. The van der Waals surface area contributed by atoms with E-state index in [1.807, 2.05) is 49.4 Å². The number of fused-ring (bicyclic) bond motifs is 1. The first-order valence-corrected chi connectivity index (χ1v) is 8.39. The Morgan fingerprint density at radius 3 is 2.36 bits per heavy atom. The summed E-state index contributed by atoms with van der Waals surface area (Å²) >= 11 is 0. The van der Waals surface area contributed by atoms with Gasteiger partial charge in [-0.2, -0.15) is 0 Å². The molecule has 1 heterocycles. The summed E-state index contributed by atoms with van der Waals surface area (Å²) in [5.41, 5.74) is 1.84. The largest absolute Gasteiger partial charge is 0.358 e. The zero-order valence-electron chi connectivity index (χ0n) is 14.9. The van der Waals surface area contributed by atoms with Crippen molar-refractivity contribution >= 4 is 11.6 Å². The molecule has 1 atom stereocenters. The van der Waals surface area contributed by atoms with Gasteiger partial charge in [0, 0.05) is 26.5 Å². The predicted molar refractivity (Wildman–Crippen MR) is 97.5 cm³/mol. The number of nitrogens with zero attached hydrogens (tertiary/aromatic N) is 1. The molecule has 1 amide bonds.